The van der Waals surface area contributed by atoms with Gasteiger partial charge in [-0.15, -0.1) is 0 Å². The lowest BCUT2D eigenvalue weighted by Gasteiger charge is -2.29. The Labute approximate surface area is 455 Å². The number of unbranched alkanes of at least 4 members (excludes halogenated alkanes) is 42. The van der Waals surface area contributed by atoms with E-state index in [2.05, 4.69) is 43.5 Å². The molecule has 9 heteroatoms. The minimum absolute atomic E-state index is 0.00489. The number of rotatable bonds is 59. The molecule has 0 aliphatic heterocycles. The minimum atomic E-state index is -4.60. The maximum absolute atomic E-state index is 13.0. The van der Waals surface area contributed by atoms with Crippen LogP contribution in [0.5, 0.6) is 0 Å². The standard InChI is InChI=1S/C64H125N2O6P/c1-6-8-10-12-14-16-18-20-22-24-26-27-28-29-30-31-32-33-34-35-36-37-38-39-40-42-44-46-48-50-52-54-56-58-64(68)65-62(61-72-73(69,70)71-60-59-66(3,4)5)63(67)57-55-53-51-49-47-45-43-41-25-23-21-19-17-15-13-11-9-7-2/h29-30,47,49,55,57,62-63,67H,6-28,31-46,48,50-54,56,58-61H2,1-5H3,(H-,65,68,69,70)/b30-29-,49-47+,57-55+. The first-order valence-electron chi connectivity index (χ1n) is 31.9. The number of hydrogen-bond acceptors (Lipinski definition) is 6. The van der Waals surface area contributed by atoms with E-state index in [0.717, 1.165) is 38.5 Å². The average molecular weight is 1050 g/mol. The lowest BCUT2D eigenvalue weighted by atomic mass is 10.0. The molecule has 0 heterocycles. The van der Waals surface area contributed by atoms with E-state index in [1.165, 1.54) is 257 Å². The number of aliphatic hydroxyl groups excluding tert-OH is 1. The smallest absolute Gasteiger partial charge is 0.268 e. The lowest BCUT2D eigenvalue weighted by molar-refractivity contribution is -0.870. The van der Waals surface area contributed by atoms with Crippen LogP contribution in [0.25, 0.3) is 0 Å². The van der Waals surface area contributed by atoms with E-state index < -0.39 is 20.0 Å². The van der Waals surface area contributed by atoms with Gasteiger partial charge in [-0.3, -0.25) is 9.36 Å². The fourth-order valence-corrected chi connectivity index (χ4v) is 10.3. The highest BCUT2D eigenvalue weighted by molar-refractivity contribution is 7.45. The maximum atomic E-state index is 13.0. The van der Waals surface area contributed by atoms with Gasteiger partial charge in [0.05, 0.1) is 39.9 Å². The molecular weight excluding hydrogens is 924 g/mol. The number of quaternary nitrogens is 1. The number of phosphoric acid groups is 1. The van der Waals surface area contributed by atoms with Crippen molar-refractivity contribution in [1.82, 2.24) is 5.32 Å². The summed E-state index contributed by atoms with van der Waals surface area (Å²) < 4.78 is 23.4. The second-order valence-electron chi connectivity index (χ2n) is 23.1. The van der Waals surface area contributed by atoms with Crippen LogP contribution in [0.3, 0.4) is 0 Å². The third kappa shape index (κ3) is 58.2. The molecule has 0 aromatic heterocycles. The highest BCUT2D eigenvalue weighted by Gasteiger charge is 2.23. The van der Waals surface area contributed by atoms with Gasteiger partial charge in [0.15, 0.2) is 0 Å². The van der Waals surface area contributed by atoms with Crippen LogP contribution in [-0.2, 0) is 18.4 Å². The molecule has 0 spiro atoms. The van der Waals surface area contributed by atoms with E-state index in [9.17, 15) is 19.4 Å². The van der Waals surface area contributed by atoms with E-state index in [4.69, 9.17) is 9.05 Å². The molecule has 0 rings (SSSR count). The summed E-state index contributed by atoms with van der Waals surface area (Å²) in [5.41, 5.74) is 0. The molecule has 432 valence electrons. The number of hydrogen-bond donors (Lipinski definition) is 2. The number of carbonyl (C=O) groups is 1. The van der Waals surface area contributed by atoms with Gasteiger partial charge in [0.1, 0.15) is 13.2 Å². The van der Waals surface area contributed by atoms with Crippen LogP contribution in [0.1, 0.15) is 316 Å². The zero-order chi connectivity index (χ0) is 53.5. The molecule has 0 saturated heterocycles. The quantitative estimate of drug-likeness (QED) is 0.0272. The molecular formula is C64H125N2O6P. The third-order valence-electron chi connectivity index (χ3n) is 14.6. The summed E-state index contributed by atoms with van der Waals surface area (Å²) in [4.78, 5) is 25.5. The average Bonchev–Trinajstić information content (AvgIpc) is 3.35. The Morgan fingerprint density at radius 3 is 1.11 bits per heavy atom. The number of nitrogens with zero attached hydrogens (tertiary/aromatic N) is 1. The van der Waals surface area contributed by atoms with Gasteiger partial charge in [0.25, 0.3) is 7.82 Å². The molecule has 3 unspecified atom stereocenters. The highest BCUT2D eigenvalue weighted by Crippen LogP contribution is 2.38. The van der Waals surface area contributed by atoms with Gasteiger partial charge < -0.3 is 28.8 Å². The predicted molar refractivity (Wildman–Crippen MR) is 316 cm³/mol. The summed E-state index contributed by atoms with van der Waals surface area (Å²) in [7, 11) is 1.26. The molecule has 2 N–H and O–H groups in total. The Balaban J connectivity index is 4.05. The number of aliphatic hydroxyl groups is 1. The molecule has 0 radical (unpaired) electrons. The summed E-state index contributed by atoms with van der Waals surface area (Å²) in [6.07, 6.45) is 72.5. The zero-order valence-electron chi connectivity index (χ0n) is 49.4. The molecule has 73 heavy (non-hydrogen) atoms. The normalized spacial score (nSPS) is 14.0. The Hall–Kier alpha value is -1.28. The van der Waals surface area contributed by atoms with Crippen molar-refractivity contribution in [2.75, 3.05) is 40.9 Å². The maximum Gasteiger partial charge on any atom is 0.268 e. The summed E-state index contributed by atoms with van der Waals surface area (Å²) in [6.45, 7) is 4.67. The van der Waals surface area contributed by atoms with E-state index in [-0.39, 0.29) is 19.1 Å². The van der Waals surface area contributed by atoms with Gasteiger partial charge in [-0.2, -0.15) is 0 Å². The first-order valence-corrected chi connectivity index (χ1v) is 33.3. The number of amides is 1. The zero-order valence-corrected chi connectivity index (χ0v) is 50.3. The first-order chi connectivity index (χ1) is 35.5. The molecule has 0 aliphatic carbocycles. The third-order valence-corrected chi connectivity index (χ3v) is 15.5. The van der Waals surface area contributed by atoms with E-state index in [1.54, 1.807) is 6.08 Å². The van der Waals surface area contributed by atoms with Crippen LogP contribution < -0.4 is 10.2 Å². The number of allylic oxidation sites excluding steroid dienone is 5. The van der Waals surface area contributed by atoms with Crippen LogP contribution in [0.4, 0.5) is 0 Å². The Kier molecular flexibility index (Phi) is 54.5. The van der Waals surface area contributed by atoms with Crippen molar-refractivity contribution in [3.63, 3.8) is 0 Å². The molecule has 0 aromatic rings. The minimum Gasteiger partial charge on any atom is -0.756 e. The Bertz CT molecular complexity index is 1280. The molecule has 0 saturated carbocycles. The molecule has 0 bridgehead atoms. The van der Waals surface area contributed by atoms with Crippen LogP contribution in [0.2, 0.25) is 0 Å². The topological polar surface area (TPSA) is 108 Å². The van der Waals surface area contributed by atoms with E-state index in [1.807, 2.05) is 27.2 Å². The molecule has 3 atom stereocenters. The van der Waals surface area contributed by atoms with Crippen molar-refractivity contribution in [2.45, 2.75) is 328 Å². The number of nitrogens with one attached hydrogen (secondary N) is 1. The van der Waals surface area contributed by atoms with Gasteiger partial charge in [-0.25, -0.2) is 0 Å². The number of carbonyl (C=O) groups excluding carboxylic acids is 1. The monoisotopic (exact) mass is 1050 g/mol. The second kappa shape index (κ2) is 55.5. The predicted octanol–water partition coefficient (Wildman–Crippen LogP) is 19.1. The van der Waals surface area contributed by atoms with Crippen molar-refractivity contribution >= 4 is 13.7 Å². The molecule has 0 fully saturated rings. The number of phosphoric ester groups is 1. The molecule has 0 aliphatic rings. The molecule has 0 aromatic carbocycles. The van der Waals surface area contributed by atoms with Crippen molar-refractivity contribution < 1.29 is 32.9 Å². The van der Waals surface area contributed by atoms with Crippen molar-refractivity contribution in [3.05, 3.63) is 36.5 Å². The van der Waals surface area contributed by atoms with Crippen molar-refractivity contribution in [3.8, 4) is 0 Å². The van der Waals surface area contributed by atoms with E-state index >= 15 is 0 Å². The van der Waals surface area contributed by atoms with Crippen LogP contribution >= 0.6 is 7.82 Å². The fraction of sp³-hybridized carbons (Fsp3) is 0.891. The van der Waals surface area contributed by atoms with Gasteiger partial charge in [0.2, 0.25) is 5.91 Å². The summed E-state index contributed by atoms with van der Waals surface area (Å²) in [5, 5.41) is 13.9. The van der Waals surface area contributed by atoms with E-state index in [0.29, 0.717) is 17.4 Å². The highest BCUT2D eigenvalue weighted by atomic mass is 31.2. The van der Waals surface area contributed by atoms with Crippen molar-refractivity contribution in [2.24, 2.45) is 0 Å². The lowest BCUT2D eigenvalue weighted by Crippen LogP contribution is -2.45. The summed E-state index contributed by atoms with van der Waals surface area (Å²) >= 11 is 0. The SMILES string of the molecule is CCCCCCCCCCCCCC/C=C\CCCCCCCCCCCCCCCCCCCC(=O)NC(COP(=O)([O-])OCC[N+](C)(C)C)C(O)/C=C/CC/C=C/CCCCCCCCCCCCCC. The number of likely N-dealkylation sites (N-methyl/N-ethyl adjacent to an activating group) is 1. The second-order valence-corrected chi connectivity index (χ2v) is 24.5. The molecule has 8 nitrogen and oxygen atoms in total. The van der Waals surface area contributed by atoms with Gasteiger partial charge in [-0.1, -0.05) is 288 Å². The summed E-state index contributed by atoms with van der Waals surface area (Å²) in [6, 6.07) is -0.902. The van der Waals surface area contributed by atoms with Crippen molar-refractivity contribution in [1.29, 1.82) is 0 Å². The Morgan fingerprint density at radius 2 is 0.767 bits per heavy atom. The van der Waals surface area contributed by atoms with Crippen LogP contribution in [0.15, 0.2) is 36.5 Å². The molecule has 1 amide bonds. The Morgan fingerprint density at radius 1 is 0.466 bits per heavy atom. The van der Waals surface area contributed by atoms with Crippen LogP contribution in [-0.4, -0.2) is 68.5 Å². The first kappa shape index (κ1) is 71.7. The largest absolute Gasteiger partial charge is 0.756 e. The van der Waals surface area contributed by atoms with Crippen LogP contribution in [0, 0.1) is 0 Å². The van der Waals surface area contributed by atoms with Gasteiger partial charge >= 0.3 is 0 Å². The van der Waals surface area contributed by atoms with Gasteiger partial charge in [-0.05, 0) is 57.8 Å². The fourth-order valence-electron chi connectivity index (χ4n) is 9.58. The van der Waals surface area contributed by atoms with Gasteiger partial charge in [0, 0.05) is 6.42 Å². The summed E-state index contributed by atoms with van der Waals surface area (Å²) in [5.74, 6) is -0.202.